The minimum Gasteiger partial charge on any atom is -0.370 e. The van der Waals surface area contributed by atoms with Gasteiger partial charge in [0.25, 0.3) is 0 Å². The van der Waals surface area contributed by atoms with E-state index < -0.39 is 0 Å². The molecule has 1 heterocycles. The number of primary amides is 1. The number of pyridine rings is 1. The molecule has 0 aliphatic carbocycles. The third-order valence-corrected chi connectivity index (χ3v) is 3.34. The maximum Gasteiger partial charge on any atom is 0.218 e. The predicted octanol–water partition coefficient (Wildman–Crippen LogP) is 3.12. The highest BCUT2D eigenvalue weighted by molar-refractivity contribution is 5.74. The van der Waals surface area contributed by atoms with E-state index in [-0.39, 0.29) is 11.8 Å². The molecule has 0 saturated heterocycles. The van der Waals surface area contributed by atoms with Gasteiger partial charge in [-0.1, -0.05) is 31.2 Å². The molecule has 98 valence electrons. The molecule has 1 aromatic heterocycles. The molecule has 0 radical (unpaired) electrons. The highest BCUT2D eigenvalue weighted by atomic mass is 16.1. The Labute approximate surface area is 113 Å². The van der Waals surface area contributed by atoms with Crippen LogP contribution in [0.5, 0.6) is 0 Å². The first-order chi connectivity index (χ1) is 9.20. The van der Waals surface area contributed by atoms with Gasteiger partial charge in [-0.2, -0.15) is 0 Å². The molecule has 2 rings (SSSR count). The molecule has 0 bridgehead atoms. The first-order valence-corrected chi connectivity index (χ1v) is 6.49. The van der Waals surface area contributed by atoms with Crippen molar-refractivity contribution in [1.29, 1.82) is 0 Å². The lowest BCUT2D eigenvalue weighted by atomic mass is 9.91. The molecule has 1 aromatic carbocycles. The summed E-state index contributed by atoms with van der Waals surface area (Å²) in [5.41, 5.74) is 8.74. The Kier molecular flexibility index (Phi) is 4.29. The summed E-state index contributed by atoms with van der Waals surface area (Å²) in [6, 6.07) is 12.3. The van der Waals surface area contributed by atoms with Gasteiger partial charge >= 0.3 is 0 Å². The molecule has 0 spiro atoms. The molecule has 3 heteroatoms. The van der Waals surface area contributed by atoms with Gasteiger partial charge < -0.3 is 5.73 Å². The zero-order chi connectivity index (χ0) is 13.7. The van der Waals surface area contributed by atoms with E-state index in [4.69, 9.17) is 5.73 Å². The second-order valence-corrected chi connectivity index (χ2v) is 4.63. The molecule has 3 nitrogen and oxygen atoms in total. The number of hydrogen-bond acceptors (Lipinski definition) is 2. The van der Waals surface area contributed by atoms with Gasteiger partial charge in [-0.05, 0) is 41.2 Å². The highest BCUT2D eigenvalue weighted by Gasteiger charge is 2.12. The van der Waals surface area contributed by atoms with Crippen LogP contribution in [0.3, 0.4) is 0 Å². The van der Waals surface area contributed by atoms with E-state index >= 15 is 0 Å². The van der Waals surface area contributed by atoms with Crippen molar-refractivity contribution in [3.05, 3.63) is 54.4 Å². The summed E-state index contributed by atoms with van der Waals surface area (Å²) in [4.78, 5) is 15.1. The fourth-order valence-electron chi connectivity index (χ4n) is 2.23. The number of aromatic nitrogens is 1. The number of rotatable bonds is 5. The minimum atomic E-state index is -0.245. The smallest absolute Gasteiger partial charge is 0.218 e. The van der Waals surface area contributed by atoms with Gasteiger partial charge in [-0.3, -0.25) is 9.78 Å². The van der Waals surface area contributed by atoms with Crippen molar-refractivity contribution >= 4 is 5.91 Å². The molecular weight excluding hydrogens is 236 g/mol. The van der Waals surface area contributed by atoms with Crippen molar-refractivity contribution in [2.75, 3.05) is 0 Å². The Balaban J connectivity index is 2.20. The lowest BCUT2D eigenvalue weighted by Gasteiger charge is -2.14. The average Bonchev–Trinajstić information content (AvgIpc) is 2.46. The van der Waals surface area contributed by atoms with Gasteiger partial charge in [-0.25, -0.2) is 0 Å². The molecule has 0 aliphatic rings. The van der Waals surface area contributed by atoms with Crippen LogP contribution in [-0.2, 0) is 4.79 Å². The molecule has 0 fully saturated rings. The number of amides is 1. The maximum atomic E-state index is 11.0. The Hall–Kier alpha value is -2.16. The molecule has 2 aromatic rings. The van der Waals surface area contributed by atoms with Crippen LogP contribution < -0.4 is 5.73 Å². The first-order valence-electron chi connectivity index (χ1n) is 6.49. The van der Waals surface area contributed by atoms with Gasteiger partial charge in [0.05, 0.1) is 0 Å². The standard InChI is InChI=1S/C16H18N2O/c1-2-12(11-16(17)19)13-3-5-14(6-4-13)15-7-9-18-10-8-15/h3-10,12H,2,11H2,1H3,(H2,17,19). The summed E-state index contributed by atoms with van der Waals surface area (Å²) in [5, 5.41) is 0. The SMILES string of the molecule is CCC(CC(N)=O)c1ccc(-c2ccncc2)cc1. The molecule has 2 N–H and O–H groups in total. The summed E-state index contributed by atoms with van der Waals surface area (Å²) >= 11 is 0. The number of benzene rings is 1. The van der Waals surface area contributed by atoms with E-state index in [2.05, 4.69) is 36.2 Å². The van der Waals surface area contributed by atoms with Gasteiger partial charge in [-0.15, -0.1) is 0 Å². The number of nitrogens with zero attached hydrogens (tertiary/aromatic N) is 1. The number of hydrogen-bond donors (Lipinski definition) is 1. The number of carbonyl (C=O) groups excluding carboxylic acids is 1. The van der Waals surface area contributed by atoms with E-state index in [1.165, 1.54) is 5.56 Å². The molecule has 19 heavy (non-hydrogen) atoms. The molecule has 0 aliphatic heterocycles. The largest absolute Gasteiger partial charge is 0.370 e. The fourth-order valence-corrected chi connectivity index (χ4v) is 2.23. The molecular formula is C16H18N2O. The van der Waals surface area contributed by atoms with Crippen LogP contribution in [0.25, 0.3) is 11.1 Å². The van der Waals surface area contributed by atoms with Gasteiger partial charge in [0.1, 0.15) is 0 Å². The molecule has 1 unspecified atom stereocenters. The van der Waals surface area contributed by atoms with Gasteiger partial charge in [0.15, 0.2) is 0 Å². The zero-order valence-corrected chi connectivity index (χ0v) is 11.0. The summed E-state index contributed by atoms with van der Waals surface area (Å²) in [5.74, 6) is -0.0333. The van der Waals surface area contributed by atoms with Gasteiger partial charge in [0.2, 0.25) is 5.91 Å². The summed E-state index contributed by atoms with van der Waals surface area (Å²) in [6.45, 7) is 2.07. The Bertz CT molecular complexity index is 534. The van der Waals surface area contributed by atoms with Crippen molar-refractivity contribution in [2.24, 2.45) is 5.73 Å². The van der Waals surface area contributed by atoms with Crippen molar-refractivity contribution in [1.82, 2.24) is 4.98 Å². The van der Waals surface area contributed by atoms with E-state index in [0.717, 1.165) is 17.5 Å². The molecule has 1 amide bonds. The van der Waals surface area contributed by atoms with Crippen molar-refractivity contribution < 1.29 is 4.79 Å². The Morgan fingerprint density at radius 2 is 1.68 bits per heavy atom. The fraction of sp³-hybridized carbons (Fsp3) is 0.250. The van der Waals surface area contributed by atoms with Crippen LogP contribution in [0.2, 0.25) is 0 Å². The van der Waals surface area contributed by atoms with Gasteiger partial charge in [0, 0.05) is 18.8 Å². The first kappa shape index (κ1) is 13.3. The quantitative estimate of drug-likeness (QED) is 0.891. The number of nitrogens with two attached hydrogens (primary N) is 1. The third-order valence-electron chi connectivity index (χ3n) is 3.34. The lowest BCUT2D eigenvalue weighted by Crippen LogP contribution is -2.14. The van der Waals surface area contributed by atoms with Crippen LogP contribution >= 0.6 is 0 Å². The molecule has 0 saturated carbocycles. The van der Waals surface area contributed by atoms with E-state index in [9.17, 15) is 4.79 Å². The van der Waals surface area contributed by atoms with E-state index in [1.807, 2.05) is 12.1 Å². The third kappa shape index (κ3) is 3.41. The monoisotopic (exact) mass is 254 g/mol. The Morgan fingerprint density at radius 1 is 1.11 bits per heavy atom. The molecule has 1 atom stereocenters. The van der Waals surface area contributed by atoms with E-state index in [1.54, 1.807) is 12.4 Å². The topological polar surface area (TPSA) is 56.0 Å². The second kappa shape index (κ2) is 6.14. The predicted molar refractivity (Wildman–Crippen MR) is 76.5 cm³/mol. The van der Waals surface area contributed by atoms with E-state index in [0.29, 0.717) is 6.42 Å². The van der Waals surface area contributed by atoms with Crippen LogP contribution in [0.4, 0.5) is 0 Å². The van der Waals surface area contributed by atoms with Crippen molar-refractivity contribution in [2.45, 2.75) is 25.7 Å². The minimum absolute atomic E-state index is 0.212. The normalized spacial score (nSPS) is 12.1. The van der Waals surface area contributed by atoms with Crippen molar-refractivity contribution in [3.8, 4) is 11.1 Å². The maximum absolute atomic E-state index is 11.0. The zero-order valence-electron chi connectivity index (χ0n) is 11.0. The number of carbonyl (C=O) groups is 1. The van der Waals surface area contributed by atoms with Crippen molar-refractivity contribution in [3.63, 3.8) is 0 Å². The highest BCUT2D eigenvalue weighted by Crippen LogP contribution is 2.26. The summed E-state index contributed by atoms with van der Waals surface area (Å²) in [7, 11) is 0. The average molecular weight is 254 g/mol. The van der Waals surface area contributed by atoms with Crippen LogP contribution in [0.15, 0.2) is 48.8 Å². The second-order valence-electron chi connectivity index (χ2n) is 4.63. The van der Waals surface area contributed by atoms with Crippen LogP contribution in [0, 0.1) is 0 Å². The van der Waals surface area contributed by atoms with Crippen LogP contribution in [-0.4, -0.2) is 10.9 Å². The van der Waals surface area contributed by atoms with Crippen LogP contribution in [0.1, 0.15) is 31.2 Å². The summed E-state index contributed by atoms with van der Waals surface area (Å²) in [6.07, 6.45) is 4.89. The Morgan fingerprint density at radius 3 is 2.21 bits per heavy atom. The summed E-state index contributed by atoms with van der Waals surface area (Å²) < 4.78 is 0. The lowest BCUT2D eigenvalue weighted by molar-refractivity contribution is -0.118.